The second-order valence-electron chi connectivity index (χ2n) is 4.54. The van der Waals surface area contributed by atoms with Gasteiger partial charge < -0.3 is 0 Å². The third kappa shape index (κ3) is 36.8. The van der Waals surface area contributed by atoms with Crippen LogP contribution in [0.1, 0.15) is 80.1 Å². The molecule has 1 rings (SSSR count). The third-order valence-corrected chi connectivity index (χ3v) is 2.52. The van der Waals surface area contributed by atoms with Gasteiger partial charge in [-0.3, -0.25) is 0 Å². The van der Waals surface area contributed by atoms with Crippen molar-refractivity contribution >= 4 is 47.0 Å². The van der Waals surface area contributed by atoms with Crippen LogP contribution in [-0.2, 0) is 0 Å². The molecule has 0 bridgehead atoms. The van der Waals surface area contributed by atoms with Gasteiger partial charge in [-0.05, 0) is 24.4 Å². The molecule has 0 aliphatic rings. The normalized spacial score (nSPS) is 7.36. The van der Waals surface area contributed by atoms with Crippen molar-refractivity contribution in [1.82, 2.24) is 0 Å². The molecule has 0 atom stereocenters. The fraction of sp³-hybridized carbons (Fsp3) is 0.632. The zero-order valence-corrected chi connectivity index (χ0v) is 19.2. The molecule has 0 fully saturated rings. The van der Waals surface area contributed by atoms with Crippen LogP contribution in [0, 0.1) is 0 Å². The van der Waals surface area contributed by atoms with Crippen LogP contribution >= 0.6 is 12.2 Å². The van der Waals surface area contributed by atoms with E-state index in [-0.39, 0.29) is 23.9 Å². The van der Waals surface area contributed by atoms with Crippen molar-refractivity contribution in [3.05, 3.63) is 30.3 Å². The Morgan fingerprint density at radius 1 is 0.727 bits per heavy atom. The van der Waals surface area contributed by atoms with Gasteiger partial charge in [0.15, 0.2) is 0 Å². The molecule has 0 heterocycles. The van der Waals surface area contributed by atoms with E-state index in [4.69, 9.17) is 0 Å². The Labute approximate surface area is 162 Å². The maximum absolute atomic E-state index is 4.42. The first-order chi connectivity index (χ1) is 10.2. The van der Waals surface area contributed by atoms with Crippen molar-refractivity contribution in [2.75, 3.05) is 0 Å². The Morgan fingerprint density at radius 2 is 1.05 bits per heavy atom. The predicted molar refractivity (Wildman–Crippen MR) is 109 cm³/mol. The summed E-state index contributed by atoms with van der Waals surface area (Å²) in [4.78, 5) is 3.77. The van der Waals surface area contributed by atoms with Crippen molar-refractivity contribution in [3.63, 3.8) is 0 Å². The molecule has 0 spiro atoms. The number of thiocarbonyl (C=S) groups is 1. The van der Waals surface area contributed by atoms with Crippen LogP contribution in [0.5, 0.6) is 0 Å². The van der Waals surface area contributed by atoms with E-state index in [1.54, 1.807) is 0 Å². The fourth-order valence-corrected chi connectivity index (χ4v) is 0.661. The topological polar surface area (TPSA) is 12.4 Å². The zero-order valence-electron chi connectivity index (χ0n) is 15.5. The molecule has 0 unspecified atom stereocenters. The van der Waals surface area contributed by atoms with Crippen molar-refractivity contribution in [1.29, 1.82) is 0 Å². The predicted octanol–water partition coefficient (Wildman–Crippen LogP) is 7.46. The molecule has 0 saturated carbocycles. The van der Waals surface area contributed by atoms with E-state index in [1.807, 2.05) is 30.3 Å². The monoisotopic (exact) mass is 429 g/mol. The molecule has 4 radical (unpaired) electrons. The van der Waals surface area contributed by atoms with E-state index < -0.39 is 0 Å². The van der Waals surface area contributed by atoms with Gasteiger partial charge in [0, 0.05) is 23.9 Å². The molecule has 0 saturated heterocycles. The van der Waals surface area contributed by atoms with Crippen LogP contribution in [0.2, 0.25) is 0 Å². The maximum Gasteiger partial charge on any atom is 0.0739 e. The van der Waals surface area contributed by atoms with Crippen molar-refractivity contribution < 1.29 is 0 Å². The standard InChI is InChI=1S/C7H5NS.3C4H10.Sn/c9-6-8-7-4-2-1-3-5-7;3*1-3-4-2;/h1-5H;3*3-4H2,1-2H3;. The number of hydrogen-bond donors (Lipinski definition) is 0. The van der Waals surface area contributed by atoms with Gasteiger partial charge in [-0.15, -0.1) is 0 Å². The molecule has 0 amide bonds. The molecule has 1 nitrogen and oxygen atoms in total. The summed E-state index contributed by atoms with van der Waals surface area (Å²) in [5.74, 6) is 0. The summed E-state index contributed by atoms with van der Waals surface area (Å²) < 4.78 is 0. The van der Waals surface area contributed by atoms with E-state index in [2.05, 4.69) is 63.9 Å². The quantitative estimate of drug-likeness (QED) is 0.276. The maximum atomic E-state index is 4.42. The van der Waals surface area contributed by atoms with Gasteiger partial charge in [0.1, 0.15) is 0 Å². The molecular weight excluding hydrogens is 393 g/mol. The first-order valence-electron chi connectivity index (χ1n) is 8.30. The summed E-state index contributed by atoms with van der Waals surface area (Å²) in [5.41, 5.74) is 0.854. The van der Waals surface area contributed by atoms with Crippen LogP contribution in [0.4, 0.5) is 5.69 Å². The number of aliphatic imine (C=N–C) groups is 1. The minimum Gasteiger partial charge on any atom is -0.195 e. The summed E-state index contributed by atoms with van der Waals surface area (Å²) in [5, 5.41) is 2.29. The Balaban J connectivity index is -0.000000107. The molecule has 0 N–H and O–H groups in total. The van der Waals surface area contributed by atoms with Gasteiger partial charge in [-0.25, -0.2) is 0 Å². The number of nitrogens with zero attached hydrogens (tertiary/aromatic N) is 1. The van der Waals surface area contributed by atoms with E-state index in [1.165, 1.54) is 38.5 Å². The van der Waals surface area contributed by atoms with Crippen LogP contribution in [-0.4, -0.2) is 29.1 Å². The summed E-state index contributed by atoms with van der Waals surface area (Å²) in [6, 6.07) is 9.50. The van der Waals surface area contributed by atoms with E-state index in [0.29, 0.717) is 0 Å². The van der Waals surface area contributed by atoms with Crippen molar-refractivity contribution in [2.24, 2.45) is 4.99 Å². The second kappa shape index (κ2) is 32.7. The molecule has 0 aliphatic carbocycles. The van der Waals surface area contributed by atoms with Gasteiger partial charge in [0.2, 0.25) is 0 Å². The Bertz CT molecular complexity index is 293. The van der Waals surface area contributed by atoms with Gasteiger partial charge >= 0.3 is 0 Å². The van der Waals surface area contributed by atoms with Crippen molar-refractivity contribution in [3.8, 4) is 0 Å². The van der Waals surface area contributed by atoms with Crippen LogP contribution in [0.15, 0.2) is 35.3 Å². The van der Waals surface area contributed by atoms with Crippen LogP contribution in [0.25, 0.3) is 0 Å². The number of unbranched alkanes of at least 4 members (excludes halogenated alkanes) is 3. The van der Waals surface area contributed by atoms with E-state index in [0.717, 1.165) is 5.69 Å². The molecular formula is C19H35NSSn. The molecule has 0 aliphatic heterocycles. The van der Waals surface area contributed by atoms with Crippen LogP contribution < -0.4 is 0 Å². The second-order valence-corrected chi connectivity index (χ2v) is 4.72. The average molecular weight is 428 g/mol. The summed E-state index contributed by atoms with van der Waals surface area (Å²) in [6.45, 7) is 13.1. The molecule has 1 aromatic carbocycles. The summed E-state index contributed by atoms with van der Waals surface area (Å²) in [7, 11) is 0. The number of benzene rings is 1. The van der Waals surface area contributed by atoms with Gasteiger partial charge in [-0.2, -0.15) is 4.99 Å². The largest absolute Gasteiger partial charge is 0.195 e. The smallest absolute Gasteiger partial charge is 0.0739 e. The van der Waals surface area contributed by atoms with Gasteiger partial charge in [0.25, 0.3) is 0 Å². The molecule has 0 aromatic heterocycles. The Kier molecular flexibility index (Phi) is 44.2. The molecule has 1 aromatic rings. The van der Waals surface area contributed by atoms with Gasteiger partial charge in [0.05, 0.1) is 10.8 Å². The SMILES string of the molecule is CCCC.CCCC.CCCC.S=C=Nc1ccccc1.[Sn]. The first-order valence-corrected chi connectivity index (χ1v) is 8.71. The van der Waals surface area contributed by atoms with E-state index >= 15 is 0 Å². The van der Waals surface area contributed by atoms with E-state index in [9.17, 15) is 0 Å². The molecule has 22 heavy (non-hydrogen) atoms. The number of isothiocyanates is 1. The third-order valence-electron chi connectivity index (χ3n) is 2.43. The number of para-hydroxylation sites is 1. The zero-order chi connectivity index (χ0) is 16.8. The average Bonchev–Trinajstić information content (AvgIpc) is 2.57. The number of hydrogen-bond acceptors (Lipinski definition) is 2. The first kappa shape index (κ1) is 29.8. The minimum absolute atomic E-state index is 0. The molecule has 126 valence electrons. The van der Waals surface area contributed by atoms with Crippen LogP contribution in [0.3, 0.4) is 0 Å². The Morgan fingerprint density at radius 3 is 1.27 bits per heavy atom. The Hall–Kier alpha value is -0.181. The minimum atomic E-state index is 0. The fourth-order valence-electron chi connectivity index (χ4n) is 0.555. The summed E-state index contributed by atoms with van der Waals surface area (Å²) >= 11 is 4.42. The van der Waals surface area contributed by atoms with Gasteiger partial charge in [-0.1, -0.05) is 98.3 Å². The summed E-state index contributed by atoms with van der Waals surface area (Å²) in [6.07, 6.45) is 7.92. The molecule has 3 heteroatoms. The number of rotatable bonds is 4. The van der Waals surface area contributed by atoms with Crippen molar-refractivity contribution in [2.45, 2.75) is 80.1 Å².